The number of amides is 2. The molecule has 0 aliphatic rings. The predicted octanol–water partition coefficient (Wildman–Crippen LogP) is 4.93. The van der Waals surface area contributed by atoms with Gasteiger partial charge in [0.25, 0.3) is 0 Å². The van der Waals surface area contributed by atoms with Gasteiger partial charge in [0.15, 0.2) is 11.5 Å². The molecule has 0 atom stereocenters. The first-order valence-corrected chi connectivity index (χ1v) is 12.5. The zero-order valence-electron chi connectivity index (χ0n) is 20.8. The molecule has 2 amide bonds. The number of carbonyl (C=O) groups excluding carboxylic acids is 2. The van der Waals surface area contributed by atoms with Gasteiger partial charge in [-0.15, -0.1) is 11.3 Å². The Hall–Kier alpha value is -2.54. The molecule has 0 aliphatic heterocycles. The fourth-order valence-corrected chi connectivity index (χ4v) is 4.56. The molecule has 0 aliphatic carbocycles. The highest BCUT2D eigenvalue weighted by Gasteiger charge is 2.22. The minimum atomic E-state index is -0.0196. The Bertz CT molecular complexity index is 909. The van der Waals surface area contributed by atoms with E-state index >= 15 is 0 Å². The molecular weight excluding hydrogens is 436 g/mol. The summed E-state index contributed by atoms with van der Waals surface area (Å²) in [6.07, 6.45) is 1.97. The second kappa shape index (κ2) is 13.2. The lowest BCUT2D eigenvalue weighted by atomic mass is 10.1. The molecule has 1 heterocycles. The fourth-order valence-electron chi connectivity index (χ4n) is 3.64. The average molecular weight is 475 g/mol. The number of ether oxygens (including phenoxy) is 2. The highest BCUT2D eigenvalue weighted by atomic mass is 32.1. The molecule has 0 saturated carbocycles. The fraction of sp³-hybridized carbons (Fsp3) is 0.538. The Morgan fingerprint density at radius 1 is 1.00 bits per heavy atom. The van der Waals surface area contributed by atoms with Crippen LogP contribution in [0, 0.1) is 12.8 Å². The van der Waals surface area contributed by atoms with Gasteiger partial charge in [-0.05, 0) is 60.4 Å². The molecule has 1 aromatic heterocycles. The van der Waals surface area contributed by atoms with E-state index in [1.165, 1.54) is 10.4 Å². The monoisotopic (exact) mass is 474 g/mol. The van der Waals surface area contributed by atoms with Gasteiger partial charge in [0, 0.05) is 24.4 Å². The van der Waals surface area contributed by atoms with Crippen LogP contribution in [-0.2, 0) is 22.6 Å². The average Bonchev–Trinajstić information content (AvgIpc) is 3.19. The van der Waals surface area contributed by atoms with Crippen LogP contribution in [0.5, 0.6) is 11.5 Å². The summed E-state index contributed by atoms with van der Waals surface area (Å²) in [5.74, 6) is 1.65. The van der Waals surface area contributed by atoms with Crippen molar-refractivity contribution in [2.45, 2.75) is 53.5 Å². The van der Waals surface area contributed by atoms with Crippen molar-refractivity contribution >= 4 is 23.2 Å². The third-order valence-corrected chi connectivity index (χ3v) is 6.54. The first-order valence-electron chi connectivity index (χ1n) is 11.6. The van der Waals surface area contributed by atoms with Crippen molar-refractivity contribution in [2.75, 3.05) is 33.9 Å². The number of benzene rings is 1. The van der Waals surface area contributed by atoms with Crippen LogP contribution >= 0.6 is 11.3 Å². The van der Waals surface area contributed by atoms with Crippen LogP contribution in [-0.4, -0.2) is 55.5 Å². The molecule has 0 bridgehead atoms. The number of hydrogen-bond acceptors (Lipinski definition) is 5. The van der Waals surface area contributed by atoms with Gasteiger partial charge < -0.3 is 19.3 Å². The molecule has 182 valence electrons. The smallest absolute Gasteiger partial charge is 0.242 e. The van der Waals surface area contributed by atoms with E-state index in [9.17, 15) is 9.59 Å². The van der Waals surface area contributed by atoms with Gasteiger partial charge in [-0.25, -0.2) is 0 Å². The van der Waals surface area contributed by atoms with Crippen molar-refractivity contribution in [1.82, 2.24) is 9.80 Å². The molecule has 2 rings (SSSR count). The van der Waals surface area contributed by atoms with Crippen LogP contribution in [0.4, 0.5) is 0 Å². The van der Waals surface area contributed by atoms with Crippen molar-refractivity contribution in [3.8, 4) is 11.5 Å². The minimum Gasteiger partial charge on any atom is -0.493 e. The Morgan fingerprint density at radius 2 is 1.73 bits per heavy atom. The maximum absolute atomic E-state index is 13.4. The van der Waals surface area contributed by atoms with E-state index in [0.29, 0.717) is 44.0 Å². The molecule has 0 radical (unpaired) electrons. The zero-order valence-corrected chi connectivity index (χ0v) is 21.7. The summed E-state index contributed by atoms with van der Waals surface area (Å²) in [5, 5.41) is 2.05. The third-order valence-electron chi connectivity index (χ3n) is 5.53. The van der Waals surface area contributed by atoms with E-state index in [1.54, 1.807) is 30.5 Å². The normalized spacial score (nSPS) is 10.9. The molecule has 0 fully saturated rings. The van der Waals surface area contributed by atoms with Crippen molar-refractivity contribution in [3.05, 3.63) is 45.6 Å². The first-order chi connectivity index (χ1) is 15.8. The second-order valence-electron chi connectivity index (χ2n) is 8.69. The molecule has 2 aromatic rings. The van der Waals surface area contributed by atoms with Crippen molar-refractivity contribution < 1.29 is 19.1 Å². The van der Waals surface area contributed by atoms with E-state index in [0.717, 1.165) is 12.0 Å². The lowest BCUT2D eigenvalue weighted by Gasteiger charge is -2.28. The molecule has 0 spiro atoms. The number of nitrogens with zero attached hydrogens (tertiary/aromatic N) is 2. The van der Waals surface area contributed by atoms with Gasteiger partial charge in [0.2, 0.25) is 11.8 Å². The zero-order chi connectivity index (χ0) is 24.4. The molecule has 7 heteroatoms. The lowest BCUT2D eigenvalue weighted by Crippen LogP contribution is -2.43. The summed E-state index contributed by atoms with van der Waals surface area (Å²) >= 11 is 1.66. The molecule has 0 N–H and O–H groups in total. The second-order valence-corrected chi connectivity index (χ2v) is 9.70. The van der Waals surface area contributed by atoms with Crippen molar-refractivity contribution in [1.29, 1.82) is 0 Å². The largest absolute Gasteiger partial charge is 0.493 e. The Kier molecular flexibility index (Phi) is 10.7. The van der Waals surface area contributed by atoms with E-state index in [-0.39, 0.29) is 24.3 Å². The number of methoxy groups -OCH3 is 2. The van der Waals surface area contributed by atoms with Crippen LogP contribution in [0.3, 0.4) is 0 Å². The summed E-state index contributed by atoms with van der Waals surface area (Å²) in [5.41, 5.74) is 2.25. The molecule has 0 unspecified atom stereocenters. The van der Waals surface area contributed by atoms with Crippen LogP contribution < -0.4 is 9.47 Å². The van der Waals surface area contributed by atoms with Crippen LogP contribution in [0.25, 0.3) is 0 Å². The van der Waals surface area contributed by atoms with Crippen LogP contribution in [0.2, 0.25) is 0 Å². The molecule has 1 aromatic carbocycles. The topological polar surface area (TPSA) is 59.1 Å². The van der Waals surface area contributed by atoms with Gasteiger partial charge in [0.05, 0.1) is 27.3 Å². The van der Waals surface area contributed by atoms with E-state index in [4.69, 9.17) is 9.47 Å². The lowest BCUT2D eigenvalue weighted by molar-refractivity contribution is -0.141. The number of carbonyl (C=O) groups is 2. The molecular formula is C26H38N2O4S. The van der Waals surface area contributed by atoms with Crippen LogP contribution in [0.1, 0.15) is 49.6 Å². The van der Waals surface area contributed by atoms with Crippen LogP contribution in [0.15, 0.2) is 29.6 Å². The number of thiophene rings is 1. The highest BCUT2D eigenvalue weighted by molar-refractivity contribution is 7.10. The standard InChI is InChI=1S/C26H38N2O4S/c1-7-12-27(25(29)15-19(2)3)18-26(30)28(17-24-20(4)11-14-33-24)13-10-21-8-9-22(31-5)23(16-21)32-6/h8-9,11,14,16,19H,7,10,12-13,15,17-18H2,1-6H3. The third kappa shape index (κ3) is 8.07. The van der Waals surface area contributed by atoms with Crippen molar-refractivity contribution in [2.24, 2.45) is 5.92 Å². The summed E-state index contributed by atoms with van der Waals surface area (Å²) in [6.45, 7) is 9.98. The van der Waals surface area contributed by atoms with E-state index in [1.807, 2.05) is 43.9 Å². The van der Waals surface area contributed by atoms with Crippen molar-refractivity contribution in [3.63, 3.8) is 0 Å². The molecule has 33 heavy (non-hydrogen) atoms. The molecule has 0 saturated heterocycles. The van der Waals surface area contributed by atoms with Gasteiger partial charge in [-0.3, -0.25) is 9.59 Å². The molecule has 6 nitrogen and oxygen atoms in total. The van der Waals surface area contributed by atoms with Gasteiger partial charge in [-0.1, -0.05) is 26.8 Å². The summed E-state index contributed by atoms with van der Waals surface area (Å²) in [7, 11) is 3.23. The quantitative estimate of drug-likeness (QED) is 0.413. The van der Waals surface area contributed by atoms with E-state index in [2.05, 4.69) is 18.4 Å². The van der Waals surface area contributed by atoms with Gasteiger partial charge in [-0.2, -0.15) is 0 Å². The number of hydrogen-bond donors (Lipinski definition) is 0. The SMILES string of the molecule is CCCN(CC(=O)N(CCc1ccc(OC)c(OC)c1)Cc1sccc1C)C(=O)CC(C)C. The Labute approximate surface area is 202 Å². The van der Waals surface area contributed by atoms with Gasteiger partial charge in [0.1, 0.15) is 0 Å². The summed E-state index contributed by atoms with van der Waals surface area (Å²) in [4.78, 5) is 30.9. The highest BCUT2D eigenvalue weighted by Crippen LogP contribution is 2.28. The Morgan fingerprint density at radius 3 is 2.30 bits per heavy atom. The summed E-state index contributed by atoms with van der Waals surface area (Å²) in [6, 6.07) is 7.91. The maximum Gasteiger partial charge on any atom is 0.242 e. The predicted molar refractivity (Wildman–Crippen MR) is 134 cm³/mol. The summed E-state index contributed by atoms with van der Waals surface area (Å²) < 4.78 is 10.8. The first kappa shape index (κ1) is 26.7. The number of rotatable bonds is 13. The van der Waals surface area contributed by atoms with E-state index < -0.39 is 0 Å². The Balaban J connectivity index is 2.17. The number of aryl methyl sites for hydroxylation is 1. The minimum absolute atomic E-state index is 0.0196. The maximum atomic E-state index is 13.4. The van der Waals surface area contributed by atoms with Gasteiger partial charge >= 0.3 is 0 Å².